The van der Waals surface area contributed by atoms with Crippen molar-refractivity contribution in [3.8, 4) is 0 Å². The Balaban J connectivity index is 1.55. The van der Waals surface area contributed by atoms with Crippen molar-refractivity contribution in [2.75, 3.05) is 13.2 Å². The Labute approximate surface area is 280 Å². The summed E-state index contributed by atoms with van der Waals surface area (Å²) in [6.45, 7) is -0.921. The summed E-state index contributed by atoms with van der Waals surface area (Å²) in [5.74, 6) is -4.46. The molecule has 50 heavy (non-hydrogen) atoms. The lowest BCUT2D eigenvalue weighted by Gasteiger charge is -2.49. The van der Waals surface area contributed by atoms with E-state index in [0.29, 0.717) is 0 Å². The number of carbonyl (C=O) groups is 3. The van der Waals surface area contributed by atoms with Crippen LogP contribution in [0.25, 0.3) is 0 Å². The minimum atomic E-state index is -2.27. The van der Waals surface area contributed by atoms with E-state index in [1.54, 1.807) is 0 Å². The van der Waals surface area contributed by atoms with Gasteiger partial charge in [0.2, 0.25) is 5.91 Å². The molecule has 1 unspecified atom stereocenters. The first kappa shape index (κ1) is 40.5. The lowest BCUT2D eigenvalue weighted by atomic mass is 9.94. The van der Waals surface area contributed by atoms with Gasteiger partial charge in [-0.05, 0) is 0 Å². The highest BCUT2D eigenvalue weighted by atomic mass is 16.8. The SMILES string of the molecule is CC(=O)N[C@H]1[C@@H](O[C@H]2[C@H](O)[C@@H](O)[C@H](O[C@H]3[C@@H](O)[C@@H](CO)OC(O)[C@@H]3O)O[C@@H]2C(=O)O)O[C@H](CO)[C@@H](O[C@@H]2O[C@@H](C(=O)O)[C@@H](O)[C@H](O)[C@H]2O)[C@@H]1O. The van der Waals surface area contributed by atoms with Crippen LogP contribution in [-0.2, 0) is 47.5 Å². The first-order valence-electron chi connectivity index (χ1n) is 15.1. The maximum absolute atomic E-state index is 12.3. The van der Waals surface area contributed by atoms with Gasteiger partial charge in [0.1, 0.15) is 85.4 Å². The number of ether oxygens (including phenoxy) is 7. The number of amides is 1. The van der Waals surface area contributed by atoms with Crippen LogP contribution in [0.5, 0.6) is 0 Å². The molecule has 20 atom stereocenters. The maximum atomic E-state index is 12.3. The third kappa shape index (κ3) is 8.17. The van der Waals surface area contributed by atoms with Crippen molar-refractivity contribution in [3.63, 3.8) is 0 Å². The van der Waals surface area contributed by atoms with Crippen molar-refractivity contribution in [2.24, 2.45) is 0 Å². The smallest absolute Gasteiger partial charge is 0.335 e. The zero-order valence-corrected chi connectivity index (χ0v) is 25.9. The highest BCUT2D eigenvalue weighted by Crippen LogP contribution is 2.34. The molecular formula is C26H41NO23. The third-order valence-electron chi connectivity index (χ3n) is 8.54. The number of carbonyl (C=O) groups excluding carboxylic acids is 1. The molecule has 4 aliphatic heterocycles. The number of aliphatic hydroxyl groups is 11. The molecule has 0 bridgehead atoms. The Kier molecular flexibility index (Phi) is 13.4. The van der Waals surface area contributed by atoms with Gasteiger partial charge in [0.25, 0.3) is 0 Å². The fraction of sp³-hybridized carbons (Fsp3) is 0.885. The van der Waals surface area contributed by atoms with Crippen LogP contribution in [0.3, 0.4) is 0 Å². The predicted octanol–water partition coefficient (Wildman–Crippen LogP) is -9.42. The Morgan fingerprint density at radius 3 is 1.60 bits per heavy atom. The monoisotopic (exact) mass is 735 g/mol. The van der Waals surface area contributed by atoms with E-state index in [0.717, 1.165) is 6.92 Å². The summed E-state index contributed by atoms with van der Waals surface area (Å²) in [6, 6.07) is -1.77. The van der Waals surface area contributed by atoms with Crippen LogP contribution in [-0.4, -0.2) is 220 Å². The van der Waals surface area contributed by atoms with E-state index < -0.39 is 154 Å². The number of aliphatic hydroxyl groups excluding tert-OH is 11. The van der Waals surface area contributed by atoms with Crippen LogP contribution in [0.2, 0.25) is 0 Å². The average Bonchev–Trinajstić information content (AvgIpc) is 3.06. The van der Waals surface area contributed by atoms with Crippen LogP contribution in [0.1, 0.15) is 6.92 Å². The lowest BCUT2D eigenvalue weighted by molar-refractivity contribution is -0.374. The summed E-state index contributed by atoms with van der Waals surface area (Å²) in [5.41, 5.74) is 0. The number of carboxylic acid groups (broad SMARTS) is 2. The number of nitrogens with one attached hydrogen (secondary N) is 1. The fourth-order valence-electron chi connectivity index (χ4n) is 5.90. The summed E-state index contributed by atoms with van der Waals surface area (Å²) in [6.07, 6.45) is -38.3. The van der Waals surface area contributed by atoms with Crippen molar-refractivity contribution in [1.82, 2.24) is 5.32 Å². The first-order valence-corrected chi connectivity index (χ1v) is 15.1. The van der Waals surface area contributed by atoms with Crippen molar-refractivity contribution in [2.45, 2.75) is 130 Å². The molecule has 0 spiro atoms. The fourth-order valence-corrected chi connectivity index (χ4v) is 5.90. The number of carboxylic acids is 2. The summed E-state index contributed by atoms with van der Waals surface area (Å²) < 4.78 is 37.2. The molecular weight excluding hydrogens is 694 g/mol. The Morgan fingerprint density at radius 1 is 0.540 bits per heavy atom. The van der Waals surface area contributed by atoms with E-state index in [-0.39, 0.29) is 0 Å². The van der Waals surface area contributed by atoms with Gasteiger partial charge >= 0.3 is 11.9 Å². The van der Waals surface area contributed by atoms with Crippen molar-refractivity contribution in [1.29, 1.82) is 0 Å². The molecule has 0 aromatic heterocycles. The number of aliphatic carboxylic acids is 2. The van der Waals surface area contributed by atoms with Gasteiger partial charge in [0.05, 0.1) is 13.2 Å². The highest BCUT2D eigenvalue weighted by molar-refractivity contribution is 5.74. The zero-order valence-electron chi connectivity index (χ0n) is 25.9. The normalized spacial score (nSPS) is 48.5. The van der Waals surface area contributed by atoms with Crippen molar-refractivity contribution >= 4 is 17.8 Å². The van der Waals surface area contributed by atoms with Crippen molar-refractivity contribution in [3.05, 3.63) is 0 Å². The third-order valence-corrected chi connectivity index (χ3v) is 8.54. The number of hydrogen-bond acceptors (Lipinski definition) is 21. The van der Waals surface area contributed by atoms with Gasteiger partial charge in [-0.15, -0.1) is 0 Å². The molecule has 0 aromatic carbocycles. The van der Waals surface area contributed by atoms with Gasteiger partial charge in [-0.3, -0.25) is 4.79 Å². The molecule has 0 aliphatic carbocycles. The summed E-state index contributed by atoms with van der Waals surface area (Å²) in [7, 11) is 0. The molecule has 24 nitrogen and oxygen atoms in total. The molecule has 4 saturated heterocycles. The molecule has 0 radical (unpaired) electrons. The molecule has 0 saturated carbocycles. The lowest BCUT2D eigenvalue weighted by Crippen LogP contribution is -2.70. The molecule has 1 amide bonds. The van der Waals surface area contributed by atoms with Gasteiger partial charge in [-0.1, -0.05) is 0 Å². The molecule has 0 aromatic rings. The Morgan fingerprint density at radius 2 is 1.06 bits per heavy atom. The van der Waals surface area contributed by atoms with E-state index in [9.17, 15) is 80.8 Å². The van der Waals surface area contributed by atoms with Gasteiger partial charge in [0.15, 0.2) is 37.4 Å². The van der Waals surface area contributed by atoms with E-state index in [1.165, 1.54) is 0 Å². The summed E-state index contributed by atoms with van der Waals surface area (Å²) >= 11 is 0. The minimum Gasteiger partial charge on any atom is -0.479 e. The molecule has 4 rings (SSSR count). The summed E-state index contributed by atoms with van der Waals surface area (Å²) in [4.78, 5) is 35.9. The quantitative estimate of drug-likeness (QED) is 0.0936. The second kappa shape index (κ2) is 16.6. The van der Waals surface area contributed by atoms with Gasteiger partial charge < -0.3 is 105 Å². The van der Waals surface area contributed by atoms with Crippen LogP contribution in [0, 0.1) is 0 Å². The van der Waals surface area contributed by atoms with Crippen molar-refractivity contribution < 1.29 is 114 Å². The van der Waals surface area contributed by atoms with Crippen LogP contribution >= 0.6 is 0 Å². The number of hydrogen-bond donors (Lipinski definition) is 14. The van der Waals surface area contributed by atoms with Crippen LogP contribution < -0.4 is 5.32 Å². The Bertz CT molecular complexity index is 1180. The second-order valence-electron chi connectivity index (χ2n) is 12.0. The molecule has 4 fully saturated rings. The Hall–Kier alpha value is -2.31. The summed E-state index contributed by atoms with van der Waals surface area (Å²) in [5, 5.41) is 135. The largest absolute Gasteiger partial charge is 0.479 e. The molecule has 4 heterocycles. The maximum Gasteiger partial charge on any atom is 0.335 e. The average molecular weight is 736 g/mol. The van der Waals surface area contributed by atoms with Gasteiger partial charge in [0, 0.05) is 6.92 Å². The van der Waals surface area contributed by atoms with Gasteiger partial charge in [-0.25, -0.2) is 9.59 Å². The standard InChI is InChI=1S/C26H41NO23/c1-4(30)27-7-9(32)16(46-25-13(36)10(33)11(34)19(49-25)21(39)40)6(3-29)45-24(7)48-18-12(35)14(37)26(50-20(18)22(41)42)47-17-8(31)5(2-28)44-23(43)15(17)38/h5-20,23-26,28-29,31-38,43H,2-3H2,1H3,(H,27,30)(H,39,40)(H,41,42)/t5-,6-,7-,8+,9-,10+,11+,12-,13-,14-,15-,16-,17+,18+,19-,20+,23?,24-,25-,26-/m1/s1. The number of rotatable bonds is 11. The second-order valence-corrected chi connectivity index (χ2v) is 12.0. The van der Waals surface area contributed by atoms with E-state index in [1.807, 2.05) is 0 Å². The zero-order chi connectivity index (χ0) is 37.4. The molecule has 288 valence electrons. The first-order chi connectivity index (χ1) is 23.4. The van der Waals surface area contributed by atoms with Gasteiger partial charge in [-0.2, -0.15) is 0 Å². The van der Waals surface area contributed by atoms with E-state index in [2.05, 4.69) is 5.32 Å². The topological polar surface area (TPSA) is 391 Å². The predicted molar refractivity (Wildman–Crippen MR) is 147 cm³/mol. The van der Waals surface area contributed by atoms with Crippen LogP contribution in [0.15, 0.2) is 0 Å². The molecule has 4 aliphatic rings. The van der Waals surface area contributed by atoms with E-state index in [4.69, 9.17) is 33.2 Å². The molecule has 24 heteroatoms. The molecule has 14 N–H and O–H groups in total. The van der Waals surface area contributed by atoms with E-state index >= 15 is 0 Å². The minimum absolute atomic E-state index is 0.855. The highest BCUT2D eigenvalue weighted by Gasteiger charge is 2.57. The van der Waals surface area contributed by atoms with Crippen LogP contribution in [0.4, 0.5) is 0 Å².